The molecule has 0 saturated carbocycles. The Bertz CT molecular complexity index is 1110. The molecule has 9 heteroatoms. The number of methoxy groups -OCH3 is 1. The van der Waals surface area contributed by atoms with Gasteiger partial charge in [-0.2, -0.15) is 0 Å². The quantitative estimate of drug-likeness (QED) is 0.635. The normalized spacial score (nSPS) is 14.7. The first-order valence-electron chi connectivity index (χ1n) is 9.53. The van der Waals surface area contributed by atoms with Crippen molar-refractivity contribution in [3.8, 4) is 5.75 Å². The van der Waals surface area contributed by atoms with Gasteiger partial charge < -0.3 is 19.9 Å². The van der Waals surface area contributed by atoms with E-state index in [1.165, 1.54) is 7.11 Å². The molecule has 0 radical (unpaired) electrons. The first kappa shape index (κ1) is 20.5. The molecule has 4 rings (SSSR count). The smallest absolute Gasteiger partial charge is 0.259 e. The topological polar surface area (TPSA) is 87.3 Å². The fourth-order valence-electron chi connectivity index (χ4n) is 3.66. The highest BCUT2D eigenvalue weighted by Crippen LogP contribution is 2.35. The van der Waals surface area contributed by atoms with Crippen LogP contribution in [-0.4, -0.2) is 52.9 Å². The molecule has 3 aromatic rings. The van der Waals surface area contributed by atoms with Crippen molar-refractivity contribution in [2.75, 3.05) is 20.2 Å². The average molecular weight is 447 g/mol. The second kappa shape index (κ2) is 8.53. The molecule has 7 nitrogen and oxygen atoms in total. The number of fused-ring (bicyclic) bond motifs is 1. The summed E-state index contributed by atoms with van der Waals surface area (Å²) >= 11 is 12.4. The molecule has 2 aromatic carbocycles. The first-order chi connectivity index (χ1) is 14.5. The van der Waals surface area contributed by atoms with Crippen LogP contribution in [-0.2, 0) is 0 Å². The number of benzene rings is 2. The molecular formula is C21H20Cl2N4O3. The van der Waals surface area contributed by atoms with E-state index in [1.807, 2.05) is 6.07 Å². The van der Waals surface area contributed by atoms with Gasteiger partial charge in [-0.15, -0.1) is 0 Å². The predicted octanol–water partition coefficient (Wildman–Crippen LogP) is 3.91. The summed E-state index contributed by atoms with van der Waals surface area (Å²) in [6.45, 7) is 0.991. The molecular weight excluding hydrogens is 427 g/mol. The molecule has 1 saturated heterocycles. The van der Waals surface area contributed by atoms with Crippen molar-refractivity contribution < 1.29 is 14.3 Å². The Morgan fingerprint density at radius 2 is 1.90 bits per heavy atom. The number of piperidine rings is 1. The molecule has 2 heterocycles. The van der Waals surface area contributed by atoms with E-state index < -0.39 is 0 Å². The highest BCUT2D eigenvalue weighted by molar-refractivity contribution is 6.37. The van der Waals surface area contributed by atoms with E-state index >= 15 is 0 Å². The van der Waals surface area contributed by atoms with E-state index in [4.69, 9.17) is 27.9 Å². The van der Waals surface area contributed by atoms with Crippen LogP contribution in [0, 0.1) is 0 Å². The number of aromatic amines is 1. The number of nitrogens with zero attached hydrogens (tertiary/aromatic N) is 2. The summed E-state index contributed by atoms with van der Waals surface area (Å²) < 4.78 is 5.29. The highest BCUT2D eigenvalue weighted by atomic mass is 35.5. The van der Waals surface area contributed by atoms with Gasteiger partial charge in [-0.05, 0) is 43.2 Å². The van der Waals surface area contributed by atoms with Gasteiger partial charge in [0.25, 0.3) is 11.8 Å². The van der Waals surface area contributed by atoms with Crippen LogP contribution in [0.4, 0.5) is 0 Å². The van der Waals surface area contributed by atoms with Crippen LogP contribution in [0.15, 0.2) is 36.7 Å². The van der Waals surface area contributed by atoms with Gasteiger partial charge in [0.05, 0.1) is 34.5 Å². The van der Waals surface area contributed by atoms with Gasteiger partial charge in [-0.1, -0.05) is 23.2 Å². The number of carbonyl (C=O) groups is 2. The SMILES string of the molecule is COc1c(Cl)ccc(Cl)c1C(=O)N1CCC(NC(=O)c2ccc3nc[nH]c3c2)CC1. The summed E-state index contributed by atoms with van der Waals surface area (Å²) in [5, 5.41) is 3.68. The number of rotatable bonds is 4. The molecule has 2 amide bonds. The molecule has 30 heavy (non-hydrogen) atoms. The first-order valence-corrected chi connectivity index (χ1v) is 10.3. The summed E-state index contributed by atoms with van der Waals surface area (Å²) in [7, 11) is 1.46. The van der Waals surface area contributed by atoms with E-state index in [1.54, 1.807) is 35.5 Å². The standard InChI is InChI=1S/C21H20Cl2N4O3/c1-30-19-15(23)4-3-14(22)18(19)21(29)27-8-6-13(7-9-27)26-20(28)12-2-5-16-17(10-12)25-11-24-16/h2-5,10-11,13H,6-9H2,1H3,(H,24,25)(H,26,28). The van der Waals surface area contributed by atoms with Crippen LogP contribution < -0.4 is 10.1 Å². The van der Waals surface area contributed by atoms with Gasteiger partial charge in [0.2, 0.25) is 0 Å². The number of halogens is 2. The largest absolute Gasteiger partial charge is 0.494 e. The van der Waals surface area contributed by atoms with Gasteiger partial charge in [0.15, 0.2) is 5.75 Å². The van der Waals surface area contributed by atoms with Crippen LogP contribution in [0.5, 0.6) is 5.75 Å². The second-order valence-electron chi connectivity index (χ2n) is 7.11. The minimum absolute atomic E-state index is 0.0178. The number of aromatic nitrogens is 2. The van der Waals surface area contributed by atoms with Crippen LogP contribution in [0.25, 0.3) is 11.0 Å². The monoisotopic (exact) mass is 446 g/mol. The van der Waals surface area contributed by atoms with Gasteiger partial charge in [-0.3, -0.25) is 9.59 Å². The number of carbonyl (C=O) groups excluding carboxylic acids is 2. The van der Waals surface area contributed by atoms with Gasteiger partial charge in [-0.25, -0.2) is 4.98 Å². The van der Waals surface area contributed by atoms with Crippen LogP contribution in [0.1, 0.15) is 33.6 Å². The second-order valence-corrected chi connectivity index (χ2v) is 7.93. The summed E-state index contributed by atoms with van der Waals surface area (Å²) in [5.41, 5.74) is 2.46. The Morgan fingerprint density at radius 1 is 1.17 bits per heavy atom. The number of likely N-dealkylation sites (tertiary alicyclic amines) is 1. The third kappa shape index (κ3) is 3.95. The Labute approximate surface area is 183 Å². The maximum atomic E-state index is 13.0. The van der Waals surface area contributed by atoms with Crippen LogP contribution in [0.3, 0.4) is 0 Å². The summed E-state index contributed by atoms with van der Waals surface area (Å²) in [6, 6.07) is 8.51. The number of amides is 2. The highest BCUT2D eigenvalue weighted by Gasteiger charge is 2.29. The van der Waals surface area contributed by atoms with Crippen molar-refractivity contribution in [1.82, 2.24) is 20.2 Å². The number of ether oxygens (including phenoxy) is 1. The molecule has 1 aliphatic rings. The summed E-state index contributed by atoms with van der Waals surface area (Å²) in [6.07, 6.45) is 2.88. The lowest BCUT2D eigenvalue weighted by Gasteiger charge is -2.33. The molecule has 0 atom stereocenters. The molecule has 0 spiro atoms. The van der Waals surface area contributed by atoms with E-state index in [0.29, 0.717) is 41.5 Å². The molecule has 1 aliphatic heterocycles. The van der Waals surface area contributed by atoms with Crippen molar-refractivity contribution in [3.63, 3.8) is 0 Å². The van der Waals surface area contributed by atoms with Crippen molar-refractivity contribution in [2.45, 2.75) is 18.9 Å². The average Bonchev–Trinajstić information content (AvgIpc) is 3.23. The van der Waals surface area contributed by atoms with Crippen molar-refractivity contribution >= 4 is 46.0 Å². The molecule has 0 aliphatic carbocycles. The molecule has 0 bridgehead atoms. The molecule has 1 aromatic heterocycles. The Hall–Kier alpha value is -2.77. The van der Waals surface area contributed by atoms with E-state index in [0.717, 1.165) is 11.0 Å². The third-order valence-corrected chi connectivity index (χ3v) is 5.89. The van der Waals surface area contributed by atoms with Crippen molar-refractivity contribution in [1.29, 1.82) is 0 Å². The summed E-state index contributed by atoms with van der Waals surface area (Å²) in [4.78, 5) is 34.5. The van der Waals surface area contributed by atoms with E-state index in [2.05, 4.69) is 15.3 Å². The van der Waals surface area contributed by atoms with Crippen molar-refractivity contribution in [2.24, 2.45) is 0 Å². The minimum Gasteiger partial charge on any atom is -0.494 e. The molecule has 0 unspecified atom stereocenters. The Balaban J connectivity index is 1.40. The lowest BCUT2D eigenvalue weighted by atomic mass is 10.0. The maximum absolute atomic E-state index is 13.0. The molecule has 156 valence electrons. The van der Waals surface area contributed by atoms with E-state index in [-0.39, 0.29) is 29.2 Å². The number of nitrogens with one attached hydrogen (secondary N) is 2. The third-order valence-electron chi connectivity index (χ3n) is 5.28. The van der Waals surface area contributed by atoms with Gasteiger partial charge >= 0.3 is 0 Å². The lowest BCUT2D eigenvalue weighted by molar-refractivity contribution is 0.0695. The zero-order valence-corrected chi connectivity index (χ0v) is 17.8. The molecule has 1 fully saturated rings. The van der Waals surface area contributed by atoms with E-state index in [9.17, 15) is 9.59 Å². The Kier molecular flexibility index (Phi) is 5.83. The zero-order valence-electron chi connectivity index (χ0n) is 16.2. The van der Waals surface area contributed by atoms with Crippen molar-refractivity contribution in [3.05, 3.63) is 57.8 Å². The number of H-pyrrole nitrogens is 1. The van der Waals surface area contributed by atoms with Gasteiger partial charge in [0.1, 0.15) is 5.56 Å². The fraction of sp³-hybridized carbons (Fsp3) is 0.286. The number of hydrogen-bond donors (Lipinski definition) is 2. The van der Waals surface area contributed by atoms with Gasteiger partial charge in [0, 0.05) is 24.7 Å². The Morgan fingerprint density at radius 3 is 2.63 bits per heavy atom. The zero-order chi connectivity index (χ0) is 21.3. The molecule has 2 N–H and O–H groups in total. The summed E-state index contributed by atoms with van der Waals surface area (Å²) in [5.74, 6) is -0.0940. The predicted molar refractivity (Wildman–Crippen MR) is 115 cm³/mol. The minimum atomic E-state index is -0.228. The fourth-order valence-corrected chi connectivity index (χ4v) is 4.13. The number of hydrogen-bond acceptors (Lipinski definition) is 4. The van der Waals surface area contributed by atoms with Crippen LogP contribution >= 0.6 is 23.2 Å². The lowest BCUT2D eigenvalue weighted by Crippen LogP contribution is -2.46. The maximum Gasteiger partial charge on any atom is 0.259 e. The van der Waals surface area contributed by atoms with Crippen LogP contribution in [0.2, 0.25) is 10.0 Å². The number of imidazole rings is 1.